The molecule has 1 N–H and O–H groups in total. The molecule has 2 aliphatic rings. The number of ether oxygens (including phenoxy) is 1. The molecule has 0 unspecified atom stereocenters. The van der Waals surface area contributed by atoms with Crippen LogP contribution < -0.4 is 15.0 Å². The van der Waals surface area contributed by atoms with E-state index in [1.807, 2.05) is 55.0 Å². The largest absolute Gasteiger partial charge is 0.497 e. The molecule has 5 aromatic rings. The van der Waals surface area contributed by atoms with Gasteiger partial charge in [-0.2, -0.15) is 15.5 Å². The number of nitriles is 1. The van der Waals surface area contributed by atoms with Crippen molar-refractivity contribution in [3.8, 4) is 34.1 Å². The number of nitrogens with zero attached hydrogens (tertiary/aromatic N) is 8. The van der Waals surface area contributed by atoms with Crippen LogP contribution in [-0.4, -0.2) is 73.4 Å². The second kappa shape index (κ2) is 12.3. The van der Waals surface area contributed by atoms with E-state index in [1.54, 1.807) is 17.8 Å². The average Bonchev–Trinajstić information content (AvgIpc) is 3.76. The van der Waals surface area contributed by atoms with E-state index in [0.29, 0.717) is 42.7 Å². The maximum Gasteiger partial charge on any atom is 0.128 e. The Morgan fingerprint density at radius 2 is 1.80 bits per heavy atom. The van der Waals surface area contributed by atoms with Crippen LogP contribution in [0, 0.1) is 11.3 Å². The summed E-state index contributed by atoms with van der Waals surface area (Å²) in [7, 11) is -0.645. The zero-order valence-corrected chi connectivity index (χ0v) is 26.0. The molecule has 0 radical (unpaired) electrons. The highest BCUT2D eigenvalue weighted by molar-refractivity contribution is 7.93. The SMILES string of the molecule is COc1ccc(CN=S2(=O)CCN(c3ccc(-c4cc(-c5cnn(C6CCNCC6)c5)cn5ncc(C#N)c45)cn3)CC2)cc1. The number of nitrogens with one attached hydrogen (secondary N) is 1. The predicted molar refractivity (Wildman–Crippen MR) is 175 cm³/mol. The van der Waals surface area contributed by atoms with Crippen molar-refractivity contribution < 1.29 is 8.95 Å². The molecular formula is C33H35N9O2S. The van der Waals surface area contributed by atoms with Crippen LogP contribution in [-0.2, 0) is 16.3 Å². The Hall–Kier alpha value is -4.73. The van der Waals surface area contributed by atoms with Crippen LogP contribution >= 0.6 is 0 Å². The lowest BCUT2D eigenvalue weighted by Crippen LogP contribution is -2.40. The maximum atomic E-state index is 13.4. The maximum absolute atomic E-state index is 13.4. The average molecular weight is 622 g/mol. The van der Waals surface area contributed by atoms with Crippen molar-refractivity contribution in [1.29, 1.82) is 5.26 Å². The first-order chi connectivity index (χ1) is 22.0. The van der Waals surface area contributed by atoms with E-state index in [1.165, 1.54) is 0 Å². The van der Waals surface area contributed by atoms with Gasteiger partial charge in [0.1, 0.15) is 17.6 Å². The number of aromatic nitrogens is 5. The van der Waals surface area contributed by atoms with Crippen molar-refractivity contribution in [2.45, 2.75) is 25.4 Å². The molecule has 4 aromatic heterocycles. The van der Waals surface area contributed by atoms with Gasteiger partial charge in [0.15, 0.2) is 0 Å². The predicted octanol–water partition coefficient (Wildman–Crippen LogP) is 4.55. The topological polar surface area (TPSA) is 126 Å². The number of hydrogen-bond acceptors (Lipinski definition) is 9. The second-order valence-corrected chi connectivity index (χ2v) is 14.1. The number of fused-ring (bicyclic) bond motifs is 1. The molecular weight excluding hydrogens is 586 g/mol. The minimum absolute atomic E-state index is 0.389. The lowest BCUT2D eigenvalue weighted by atomic mass is 10.0. The highest BCUT2D eigenvalue weighted by atomic mass is 32.2. The van der Waals surface area contributed by atoms with Gasteiger partial charge in [-0.25, -0.2) is 18.1 Å². The molecule has 0 amide bonds. The molecule has 0 bridgehead atoms. The summed E-state index contributed by atoms with van der Waals surface area (Å²) in [6.45, 7) is 3.68. The van der Waals surface area contributed by atoms with E-state index >= 15 is 0 Å². The summed E-state index contributed by atoms with van der Waals surface area (Å²) in [4.78, 5) is 6.97. The fraction of sp³-hybridized carbons (Fsp3) is 0.333. The molecule has 2 aliphatic heterocycles. The summed E-state index contributed by atoms with van der Waals surface area (Å²) in [6, 6.07) is 16.5. The quantitative estimate of drug-likeness (QED) is 0.281. The van der Waals surface area contributed by atoms with Crippen LogP contribution in [0.2, 0.25) is 0 Å². The van der Waals surface area contributed by atoms with Crippen molar-refractivity contribution in [1.82, 2.24) is 29.7 Å². The summed E-state index contributed by atoms with van der Waals surface area (Å²) in [5, 5.41) is 22.4. The van der Waals surface area contributed by atoms with Crippen molar-refractivity contribution in [3.05, 3.63) is 84.6 Å². The molecule has 2 saturated heterocycles. The number of rotatable bonds is 7. The third kappa shape index (κ3) is 6.01. The van der Waals surface area contributed by atoms with Gasteiger partial charge in [-0.3, -0.25) is 4.68 Å². The summed E-state index contributed by atoms with van der Waals surface area (Å²) in [5.41, 5.74) is 6.03. The molecule has 12 heteroatoms. The van der Waals surface area contributed by atoms with Gasteiger partial charge < -0.3 is 15.0 Å². The minimum atomic E-state index is -2.28. The Bertz CT molecular complexity index is 1960. The monoisotopic (exact) mass is 621 g/mol. The van der Waals surface area contributed by atoms with E-state index < -0.39 is 9.73 Å². The molecule has 2 fully saturated rings. The highest BCUT2D eigenvalue weighted by Crippen LogP contribution is 2.33. The Morgan fingerprint density at radius 1 is 1.00 bits per heavy atom. The third-order valence-corrected chi connectivity index (χ3v) is 11.0. The fourth-order valence-electron chi connectivity index (χ4n) is 6.07. The van der Waals surface area contributed by atoms with Gasteiger partial charge in [-0.05, 0) is 61.8 Å². The van der Waals surface area contributed by atoms with Crippen LogP contribution in [0.15, 0.2) is 77.8 Å². The van der Waals surface area contributed by atoms with Crippen LogP contribution in [0.25, 0.3) is 27.8 Å². The first-order valence-corrected chi connectivity index (χ1v) is 17.1. The minimum Gasteiger partial charge on any atom is -0.497 e. The number of methoxy groups -OCH3 is 1. The van der Waals surface area contributed by atoms with Gasteiger partial charge in [-0.1, -0.05) is 12.1 Å². The van der Waals surface area contributed by atoms with Crippen molar-refractivity contribution in [2.24, 2.45) is 4.36 Å². The van der Waals surface area contributed by atoms with Gasteiger partial charge in [0.05, 0.1) is 52.9 Å². The van der Waals surface area contributed by atoms with Gasteiger partial charge in [0.25, 0.3) is 0 Å². The van der Waals surface area contributed by atoms with Gasteiger partial charge in [-0.15, -0.1) is 0 Å². The lowest BCUT2D eigenvalue weighted by molar-refractivity contribution is 0.343. The van der Waals surface area contributed by atoms with Gasteiger partial charge in [0, 0.05) is 65.4 Å². The molecule has 0 aliphatic carbocycles. The number of anilines is 1. The van der Waals surface area contributed by atoms with E-state index in [4.69, 9.17) is 9.72 Å². The molecule has 6 heterocycles. The Kier molecular flexibility index (Phi) is 7.95. The molecule has 7 rings (SSSR count). The third-order valence-electron chi connectivity index (χ3n) is 8.73. The number of pyridine rings is 2. The van der Waals surface area contributed by atoms with Crippen LogP contribution in [0.4, 0.5) is 5.82 Å². The number of piperidine rings is 1. The molecule has 11 nitrogen and oxygen atoms in total. The summed E-state index contributed by atoms with van der Waals surface area (Å²) in [5.74, 6) is 2.63. The van der Waals surface area contributed by atoms with Gasteiger partial charge in [0.2, 0.25) is 0 Å². The Balaban J connectivity index is 1.10. The van der Waals surface area contributed by atoms with E-state index in [2.05, 4.69) is 47.8 Å². The zero-order chi connectivity index (χ0) is 30.8. The van der Waals surface area contributed by atoms with Crippen LogP contribution in [0.5, 0.6) is 5.75 Å². The summed E-state index contributed by atoms with van der Waals surface area (Å²) < 4.78 is 27.1. The van der Waals surface area contributed by atoms with E-state index in [-0.39, 0.29) is 0 Å². The smallest absolute Gasteiger partial charge is 0.128 e. The van der Waals surface area contributed by atoms with Crippen molar-refractivity contribution in [3.63, 3.8) is 0 Å². The first kappa shape index (κ1) is 29.0. The number of hydrogen-bond donors (Lipinski definition) is 1. The second-order valence-electron chi connectivity index (χ2n) is 11.5. The Labute approximate surface area is 262 Å². The Morgan fingerprint density at radius 3 is 2.51 bits per heavy atom. The molecule has 0 atom stereocenters. The van der Waals surface area contributed by atoms with Crippen LogP contribution in [0.1, 0.15) is 30.0 Å². The van der Waals surface area contributed by atoms with E-state index in [0.717, 1.165) is 70.8 Å². The molecule has 230 valence electrons. The fourth-order valence-corrected chi connectivity index (χ4v) is 7.93. The molecule has 45 heavy (non-hydrogen) atoms. The first-order valence-electron chi connectivity index (χ1n) is 15.2. The normalized spacial score (nSPS) is 16.8. The lowest BCUT2D eigenvalue weighted by Gasteiger charge is -2.29. The zero-order valence-electron chi connectivity index (χ0n) is 25.2. The van der Waals surface area contributed by atoms with Crippen molar-refractivity contribution in [2.75, 3.05) is 49.7 Å². The van der Waals surface area contributed by atoms with Gasteiger partial charge >= 0.3 is 0 Å². The van der Waals surface area contributed by atoms with E-state index in [9.17, 15) is 9.47 Å². The van der Waals surface area contributed by atoms with Crippen molar-refractivity contribution >= 4 is 21.1 Å². The standard InChI is InChI=1S/C33H35N9O2S/c1-44-30-5-2-24(3-6-30)18-39-45(43)14-12-40(13-15-45)32-7-4-25(19-36-32)31-16-26(22-42-33(31)27(17-34)20-38-42)28-21-37-41(23-28)29-8-10-35-11-9-29/h2-7,16,19-23,29,35H,8-15,18H2,1H3. The molecule has 1 aromatic carbocycles. The highest BCUT2D eigenvalue weighted by Gasteiger charge is 2.22. The number of benzene rings is 1. The summed E-state index contributed by atoms with van der Waals surface area (Å²) >= 11 is 0. The molecule has 0 saturated carbocycles. The van der Waals surface area contributed by atoms with Crippen LogP contribution in [0.3, 0.4) is 0 Å². The summed E-state index contributed by atoms with van der Waals surface area (Å²) in [6.07, 6.45) is 11.5. The molecule has 0 spiro atoms.